The van der Waals surface area contributed by atoms with E-state index in [1.807, 2.05) is 6.92 Å². The van der Waals surface area contributed by atoms with Gasteiger partial charge in [0.25, 0.3) is 0 Å². The molecule has 4 heteroatoms. The van der Waals surface area contributed by atoms with Gasteiger partial charge in [-0.15, -0.1) is 0 Å². The fourth-order valence-electron chi connectivity index (χ4n) is 0.743. The Morgan fingerprint density at radius 3 is 2.67 bits per heavy atom. The summed E-state index contributed by atoms with van der Waals surface area (Å²) in [5.41, 5.74) is 0. The summed E-state index contributed by atoms with van der Waals surface area (Å²) in [6, 6.07) is 0. The molecule has 0 aromatic heterocycles. The number of hydrogen-bond donors (Lipinski definition) is 1. The molecule has 0 aliphatic carbocycles. The van der Waals surface area contributed by atoms with Crippen LogP contribution in [0.4, 0.5) is 0 Å². The van der Waals surface area contributed by atoms with E-state index in [2.05, 4.69) is 0 Å². The molecule has 0 saturated carbocycles. The highest BCUT2D eigenvalue weighted by molar-refractivity contribution is 5.66. The molecular weight excluding hydrogens is 160 g/mol. The maximum Gasteiger partial charge on any atom is 0.303 e. The fourth-order valence-corrected chi connectivity index (χ4v) is 0.743. The first-order valence-corrected chi connectivity index (χ1v) is 3.99. The summed E-state index contributed by atoms with van der Waals surface area (Å²) < 4.78 is 10.0. The van der Waals surface area contributed by atoms with Gasteiger partial charge in [-0.25, -0.2) is 0 Å². The van der Waals surface area contributed by atoms with E-state index in [1.165, 1.54) is 0 Å². The van der Waals surface area contributed by atoms with E-state index in [4.69, 9.17) is 14.6 Å². The molecular formula is C8H16O4. The van der Waals surface area contributed by atoms with E-state index < -0.39 is 5.97 Å². The fraction of sp³-hybridized carbons (Fsp3) is 0.875. The van der Waals surface area contributed by atoms with Gasteiger partial charge in [0.2, 0.25) is 0 Å². The zero-order valence-electron chi connectivity index (χ0n) is 7.58. The average molecular weight is 176 g/mol. The van der Waals surface area contributed by atoms with Crippen LogP contribution in [0.25, 0.3) is 0 Å². The van der Waals surface area contributed by atoms with Crippen molar-refractivity contribution in [1.82, 2.24) is 0 Å². The van der Waals surface area contributed by atoms with Crippen molar-refractivity contribution >= 4 is 5.97 Å². The predicted octanol–water partition coefficient (Wildman–Crippen LogP) is 0.903. The first-order valence-electron chi connectivity index (χ1n) is 3.99. The molecule has 0 bridgehead atoms. The van der Waals surface area contributed by atoms with E-state index in [-0.39, 0.29) is 12.5 Å². The highest BCUT2D eigenvalue weighted by atomic mass is 16.5. The highest BCUT2D eigenvalue weighted by Crippen LogP contribution is 2.00. The number of carboxylic acids is 1. The molecule has 1 N–H and O–H groups in total. The second-order valence-electron chi connectivity index (χ2n) is 2.61. The van der Waals surface area contributed by atoms with Crippen LogP contribution in [0, 0.1) is 0 Å². The number of methoxy groups -OCH3 is 1. The van der Waals surface area contributed by atoms with Crippen LogP contribution in [0.2, 0.25) is 0 Å². The summed E-state index contributed by atoms with van der Waals surface area (Å²) in [5.74, 6) is -0.780. The molecule has 0 amide bonds. The molecule has 0 aliphatic heterocycles. The van der Waals surface area contributed by atoms with Crippen LogP contribution < -0.4 is 0 Å². The molecule has 0 saturated heterocycles. The van der Waals surface area contributed by atoms with Gasteiger partial charge in [0.1, 0.15) is 0 Å². The number of hydrogen-bond acceptors (Lipinski definition) is 3. The summed E-state index contributed by atoms with van der Waals surface area (Å²) in [6.45, 7) is 2.94. The molecule has 12 heavy (non-hydrogen) atoms. The van der Waals surface area contributed by atoms with Crippen LogP contribution in [0.3, 0.4) is 0 Å². The molecule has 0 aromatic carbocycles. The van der Waals surface area contributed by atoms with Crippen molar-refractivity contribution in [3.63, 3.8) is 0 Å². The van der Waals surface area contributed by atoms with Crippen molar-refractivity contribution in [3.8, 4) is 0 Å². The molecule has 0 spiro atoms. The standard InChI is InChI=1S/C8H16O4/c1-7(3-4-8(9)10)12-6-5-11-2/h7H,3-6H2,1-2H3,(H,9,10). The SMILES string of the molecule is COCCOC(C)CCC(=O)O. The molecule has 0 radical (unpaired) electrons. The maximum absolute atomic E-state index is 10.2. The van der Waals surface area contributed by atoms with Crippen LogP contribution >= 0.6 is 0 Å². The van der Waals surface area contributed by atoms with Gasteiger partial charge in [0.15, 0.2) is 0 Å². The van der Waals surface area contributed by atoms with Crippen molar-refractivity contribution < 1.29 is 19.4 Å². The minimum absolute atomic E-state index is 0.00347. The van der Waals surface area contributed by atoms with Crippen molar-refractivity contribution in [2.24, 2.45) is 0 Å². The van der Waals surface area contributed by atoms with Gasteiger partial charge >= 0.3 is 5.97 Å². The Hall–Kier alpha value is -0.610. The maximum atomic E-state index is 10.2. The summed E-state index contributed by atoms with van der Waals surface area (Å²) in [6.07, 6.45) is 0.712. The van der Waals surface area contributed by atoms with E-state index in [9.17, 15) is 4.79 Å². The summed E-state index contributed by atoms with van der Waals surface area (Å²) in [4.78, 5) is 10.2. The Bertz CT molecular complexity index is 124. The third-order valence-electron chi connectivity index (χ3n) is 1.45. The number of carbonyl (C=O) groups is 1. The highest BCUT2D eigenvalue weighted by Gasteiger charge is 2.04. The molecule has 4 nitrogen and oxygen atoms in total. The van der Waals surface area contributed by atoms with Crippen LogP contribution in [0.15, 0.2) is 0 Å². The monoisotopic (exact) mass is 176 g/mol. The van der Waals surface area contributed by atoms with Crippen LogP contribution in [0.1, 0.15) is 19.8 Å². The van der Waals surface area contributed by atoms with E-state index >= 15 is 0 Å². The topological polar surface area (TPSA) is 55.8 Å². The van der Waals surface area contributed by atoms with Gasteiger partial charge in [0.05, 0.1) is 19.3 Å². The van der Waals surface area contributed by atoms with Gasteiger partial charge < -0.3 is 14.6 Å². The first-order chi connectivity index (χ1) is 5.66. The van der Waals surface area contributed by atoms with Crippen molar-refractivity contribution in [3.05, 3.63) is 0 Å². The van der Waals surface area contributed by atoms with E-state index in [0.717, 1.165) is 0 Å². The molecule has 0 fully saturated rings. The average Bonchev–Trinajstić information content (AvgIpc) is 2.01. The lowest BCUT2D eigenvalue weighted by Gasteiger charge is -2.10. The number of carboxylic acid groups (broad SMARTS) is 1. The predicted molar refractivity (Wildman–Crippen MR) is 44.2 cm³/mol. The normalized spacial score (nSPS) is 12.8. The Morgan fingerprint density at radius 1 is 1.50 bits per heavy atom. The summed E-state index contributed by atoms with van der Waals surface area (Å²) in [5, 5.41) is 8.35. The van der Waals surface area contributed by atoms with Crippen molar-refractivity contribution in [2.45, 2.75) is 25.9 Å². The third-order valence-corrected chi connectivity index (χ3v) is 1.45. The van der Waals surface area contributed by atoms with Crippen molar-refractivity contribution in [1.29, 1.82) is 0 Å². The molecule has 1 unspecified atom stereocenters. The Labute approximate surface area is 72.5 Å². The number of rotatable bonds is 7. The lowest BCUT2D eigenvalue weighted by Crippen LogP contribution is -2.13. The Morgan fingerprint density at radius 2 is 2.17 bits per heavy atom. The van der Waals surface area contributed by atoms with Gasteiger partial charge in [-0.2, -0.15) is 0 Å². The second kappa shape index (κ2) is 7.06. The molecule has 0 aromatic rings. The van der Waals surface area contributed by atoms with Crippen LogP contribution in [0.5, 0.6) is 0 Å². The molecule has 1 atom stereocenters. The Balaban J connectivity index is 3.21. The minimum Gasteiger partial charge on any atom is -0.481 e. The molecule has 0 rings (SSSR count). The number of ether oxygens (including phenoxy) is 2. The van der Waals surface area contributed by atoms with E-state index in [0.29, 0.717) is 19.6 Å². The lowest BCUT2D eigenvalue weighted by atomic mass is 10.2. The Kier molecular flexibility index (Phi) is 6.70. The van der Waals surface area contributed by atoms with Crippen molar-refractivity contribution in [2.75, 3.05) is 20.3 Å². The quantitative estimate of drug-likeness (QED) is 0.585. The molecule has 72 valence electrons. The van der Waals surface area contributed by atoms with Gasteiger partial charge in [-0.3, -0.25) is 4.79 Å². The molecule has 0 aliphatic rings. The largest absolute Gasteiger partial charge is 0.481 e. The third kappa shape index (κ3) is 7.50. The van der Waals surface area contributed by atoms with Gasteiger partial charge in [0, 0.05) is 13.5 Å². The zero-order valence-corrected chi connectivity index (χ0v) is 7.58. The van der Waals surface area contributed by atoms with Crippen LogP contribution in [-0.4, -0.2) is 37.5 Å². The van der Waals surface area contributed by atoms with Gasteiger partial charge in [-0.1, -0.05) is 0 Å². The molecule has 0 heterocycles. The van der Waals surface area contributed by atoms with E-state index in [1.54, 1.807) is 7.11 Å². The number of aliphatic carboxylic acids is 1. The summed E-state index contributed by atoms with van der Waals surface area (Å²) in [7, 11) is 1.60. The lowest BCUT2D eigenvalue weighted by molar-refractivity contribution is -0.137. The van der Waals surface area contributed by atoms with Crippen LogP contribution in [-0.2, 0) is 14.3 Å². The first kappa shape index (κ1) is 11.4. The zero-order chi connectivity index (χ0) is 9.40. The minimum atomic E-state index is -0.780. The smallest absolute Gasteiger partial charge is 0.303 e. The second-order valence-corrected chi connectivity index (χ2v) is 2.61. The summed E-state index contributed by atoms with van der Waals surface area (Å²) >= 11 is 0. The van der Waals surface area contributed by atoms with Gasteiger partial charge in [-0.05, 0) is 13.3 Å².